The van der Waals surface area contributed by atoms with E-state index in [1.54, 1.807) is 18.2 Å². The highest BCUT2D eigenvalue weighted by Gasteiger charge is 2.11. The van der Waals surface area contributed by atoms with Crippen molar-refractivity contribution >= 4 is 33.7 Å². The number of carbonyl (C=O) groups is 1. The SMILES string of the molecule is N#Cc1ccc(Sc2nnnn2CC(=O)O)cc1Br. The maximum absolute atomic E-state index is 10.6. The van der Waals surface area contributed by atoms with Crippen molar-refractivity contribution in [3.05, 3.63) is 28.2 Å². The molecule has 0 aliphatic rings. The van der Waals surface area contributed by atoms with Crippen LogP contribution in [0.4, 0.5) is 0 Å². The van der Waals surface area contributed by atoms with Crippen LogP contribution in [0.3, 0.4) is 0 Å². The van der Waals surface area contributed by atoms with Gasteiger partial charge in [-0.25, -0.2) is 4.68 Å². The number of tetrazole rings is 1. The van der Waals surface area contributed by atoms with Crippen LogP contribution in [-0.4, -0.2) is 31.3 Å². The van der Waals surface area contributed by atoms with Gasteiger partial charge < -0.3 is 5.11 Å². The lowest BCUT2D eigenvalue weighted by Gasteiger charge is -2.02. The van der Waals surface area contributed by atoms with Crippen LogP contribution in [0.5, 0.6) is 0 Å². The summed E-state index contributed by atoms with van der Waals surface area (Å²) < 4.78 is 1.86. The van der Waals surface area contributed by atoms with E-state index in [-0.39, 0.29) is 6.54 Å². The molecule has 0 radical (unpaired) electrons. The van der Waals surface area contributed by atoms with E-state index in [1.807, 2.05) is 6.07 Å². The van der Waals surface area contributed by atoms with Crippen molar-refractivity contribution < 1.29 is 9.90 Å². The third-order valence-corrected chi connectivity index (χ3v) is 3.67. The van der Waals surface area contributed by atoms with Crippen LogP contribution in [0.2, 0.25) is 0 Å². The van der Waals surface area contributed by atoms with Gasteiger partial charge in [0.2, 0.25) is 5.16 Å². The fraction of sp³-hybridized carbons (Fsp3) is 0.100. The lowest BCUT2D eigenvalue weighted by Crippen LogP contribution is -2.11. The van der Waals surface area contributed by atoms with E-state index in [2.05, 4.69) is 31.5 Å². The van der Waals surface area contributed by atoms with Crippen molar-refractivity contribution in [1.29, 1.82) is 5.26 Å². The molecule has 7 nitrogen and oxygen atoms in total. The molecular weight excluding hydrogens is 334 g/mol. The molecule has 1 N–H and O–H groups in total. The zero-order valence-corrected chi connectivity index (χ0v) is 11.7. The zero-order chi connectivity index (χ0) is 13.8. The molecule has 0 unspecified atom stereocenters. The summed E-state index contributed by atoms with van der Waals surface area (Å²) in [6.07, 6.45) is 0. The van der Waals surface area contributed by atoms with Crippen molar-refractivity contribution in [2.45, 2.75) is 16.6 Å². The summed E-state index contributed by atoms with van der Waals surface area (Å²) in [6, 6.07) is 7.20. The van der Waals surface area contributed by atoms with Gasteiger partial charge in [0, 0.05) is 9.37 Å². The number of nitriles is 1. The molecule has 0 saturated heterocycles. The predicted octanol–water partition coefficient (Wildman–Crippen LogP) is 1.54. The molecule has 0 saturated carbocycles. The van der Waals surface area contributed by atoms with Gasteiger partial charge in [0.1, 0.15) is 12.6 Å². The Hall–Kier alpha value is -1.92. The Morgan fingerprint density at radius 2 is 2.37 bits per heavy atom. The predicted molar refractivity (Wildman–Crippen MR) is 68.4 cm³/mol. The summed E-state index contributed by atoms with van der Waals surface area (Å²) in [5.74, 6) is -1.02. The lowest BCUT2D eigenvalue weighted by molar-refractivity contribution is -0.138. The van der Waals surface area contributed by atoms with Crippen LogP contribution < -0.4 is 0 Å². The summed E-state index contributed by atoms with van der Waals surface area (Å²) in [5.41, 5.74) is 0.523. The second kappa shape index (κ2) is 5.81. The van der Waals surface area contributed by atoms with Gasteiger partial charge in [0.15, 0.2) is 0 Å². The zero-order valence-electron chi connectivity index (χ0n) is 9.32. The molecule has 1 heterocycles. The number of rotatable bonds is 4. The summed E-state index contributed by atoms with van der Waals surface area (Å²) in [7, 11) is 0. The van der Waals surface area contributed by atoms with Crippen molar-refractivity contribution in [2.75, 3.05) is 0 Å². The molecule has 2 aromatic rings. The average molecular weight is 340 g/mol. The maximum Gasteiger partial charge on any atom is 0.325 e. The Labute approximate surface area is 120 Å². The average Bonchev–Trinajstić information content (AvgIpc) is 2.76. The van der Waals surface area contributed by atoms with Crippen LogP contribution in [0, 0.1) is 11.3 Å². The number of benzene rings is 1. The molecule has 19 heavy (non-hydrogen) atoms. The number of hydrogen-bond acceptors (Lipinski definition) is 6. The number of hydrogen-bond donors (Lipinski definition) is 1. The van der Waals surface area contributed by atoms with Gasteiger partial charge in [-0.1, -0.05) is 0 Å². The molecule has 0 spiro atoms. The van der Waals surface area contributed by atoms with Gasteiger partial charge in [-0.05, 0) is 56.3 Å². The second-order valence-electron chi connectivity index (χ2n) is 3.37. The Bertz CT molecular complexity index is 666. The molecule has 96 valence electrons. The highest BCUT2D eigenvalue weighted by Crippen LogP contribution is 2.29. The number of nitrogens with zero attached hydrogens (tertiary/aromatic N) is 5. The molecule has 1 aromatic heterocycles. The van der Waals surface area contributed by atoms with E-state index in [1.165, 1.54) is 16.4 Å². The minimum absolute atomic E-state index is 0.299. The molecule has 0 atom stereocenters. The second-order valence-corrected chi connectivity index (χ2v) is 5.26. The number of aromatic nitrogens is 4. The largest absolute Gasteiger partial charge is 0.480 e. The van der Waals surface area contributed by atoms with Crippen molar-refractivity contribution in [3.8, 4) is 6.07 Å². The summed E-state index contributed by atoms with van der Waals surface area (Å²) in [4.78, 5) is 11.4. The van der Waals surface area contributed by atoms with E-state index in [9.17, 15) is 4.79 Å². The number of carboxylic acids is 1. The topological polar surface area (TPSA) is 105 Å². The highest BCUT2D eigenvalue weighted by atomic mass is 79.9. The third-order valence-electron chi connectivity index (χ3n) is 2.05. The standard InChI is InChI=1S/C10H6BrN5O2S/c11-8-3-7(2-1-6(8)4-12)19-10-13-14-15-16(10)5-9(17)18/h1-3H,5H2,(H,17,18). The molecular formula is C10H6BrN5O2S. The van der Waals surface area contributed by atoms with Crippen molar-refractivity contribution in [1.82, 2.24) is 20.2 Å². The quantitative estimate of drug-likeness (QED) is 0.900. The molecule has 0 fully saturated rings. The molecule has 0 aliphatic carbocycles. The van der Waals surface area contributed by atoms with Gasteiger partial charge in [-0.15, -0.1) is 5.10 Å². The van der Waals surface area contributed by atoms with Crippen LogP contribution in [0.1, 0.15) is 5.56 Å². The highest BCUT2D eigenvalue weighted by molar-refractivity contribution is 9.10. The van der Waals surface area contributed by atoms with Crippen LogP contribution in [0.25, 0.3) is 0 Å². The Kier molecular flexibility index (Phi) is 4.13. The maximum atomic E-state index is 10.6. The third kappa shape index (κ3) is 3.30. The summed E-state index contributed by atoms with van der Waals surface area (Å²) in [5, 5.41) is 28.7. The monoisotopic (exact) mass is 339 g/mol. The van der Waals surface area contributed by atoms with Crippen molar-refractivity contribution in [3.63, 3.8) is 0 Å². The first kappa shape index (κ1) is 13.5. The fourth-order valence-corrected chi connectivity index (χ4v) is 2.68. The van der Waals surface area contributed by atoms with E-state index < -0.39 is 5.97 Å². The van der Waals surface area contributed by atoms with Crippen LogP contribution >= 0.6 is 27.7 Å². The minimum Gasteiger partial charge on any atom is -0.480 e. The van der Waals surface area contributed by atoms with Crippen LogP contribution in [-0.2, 0) is 11.3 Å². The number of aliphatic carboxylic acids is 1. The lowest BCUT2D eigenvalue weighted by atomic mass is 10.2. The van der Waals surface area contributed by atoms with E-state index in [0.29, 0.717) is 15.2 Å². The van der Waals surface area contributed by atoms with Gasteiger partial charge in [0.25, 0.3) is 0 Å². The van der Waals surface area contributed by atoms with Crippen molar-refractivity contribution in [2.24, 2.45) is 0 Å². The molecule has 0 bridgehead atoms. The Morgan fingerprint density at radius 1 is 1.58 bits per heavy atom. The molecule has 2 rings (SSSR count). The van der Waals surface area contributed by atoms with Gasteiger partial charge in [-0.3, -0.25) is 4.79 Å². The smallest absolute Gasteiger partial charge is 0.325 e. The first-order valence-electron chi connectivity index (χ1n) is 4.95. The number of carboxylic acid groups (broad SMARTS) is 1. The van der Waals surface area contributed by atoms with Crippen LogP contribution in [0.15, 0.2) is 32.7 Å². The van der Waals surface area contributed by atoms with E-state index in [4.69, 9.17) is 10.4 Å². The molecule has 0 aliphatic heterocycles. The van der Waals surface area contributed by atoms with Gasteiger partial charge >= 0.3 is 5.97 Å². The Morgan fingerprint density at radius 3 is 3.00 bits per heavy atom. The summed E-state index contributed by atoms with van der Waals surface area (Å²) in [6.45, 7) is -0.299. The first-order chi connectivity index (χ1) is 9.10. The molecule has 9 heteroatoms. The Balaban J connectivity index is 2.22. The minimum atomic E-state index is -1.02. The molecule has 0 amide bonds. The first-order valence-corrected chi connectivity index (χ1v) is 6.56. The fourth-order valence-electron chi connectivity index (χ4n) is 1.25. The summed E-state index contributed by atoms with van der Waals surface area (Å²) >= 11 is 4.50. The van der Waals surface area contributed by atoms with Gasteiger partial charge in [0.05, 0.1) is 5.56 Å². The van der Waals surface area contributed by atoms with E-state index >= 15 is 0 Å². The normalized spacial score (nSPS) is 10.1. The molecule has 1 aromatic carbocycles. The number of halogens is 1. The van der Waals surface area contributed by atoms with Gasteiger partial charge in [-0.2, -0.15) is 5.26 Å². The van der Waals surface area contributed by atoms with E-state index in [0.717, 1.165) is 4.90 Å².